The summed E-state index contributed by atoms with van der Waals surface area (Å²) in [4.78, 5) is 15.1. The molecule has 15 heavy (non-hydrogen) atoms. The molecule has 1 heterocycles. The summed E-state index contributed by atoms with van der Waals surface area (Å²) in [5.74, 6) is -0.156. The lowest BCUT2D eigenvalue weighted by atomic mass is 10.3. The van der Waals surface area contributed by atoms with E-state index in [1.807, 2.05) is 0 Å². The van der Waals surface area contributed by atoms with Crippen molar-refractivity contribution >= 4 is 5.91 Å². The van der Waals surface area contributed by atoms with Gasteiger partial charge in [0.1, 0.15) is 0 Å². The van der Waals surface area contributed by atoms with E-state index in [4.69, 9.17) is 10.2 Å². The van der Waals surface area contributed by atoms with Crippen molar-refractivity contribution in [3.05, 3.63) is 18.7 Å². The van der Waals surface area contributed by atoms with Gasteiger partial charge in [0, 0.05) is 31.9 Å². The smallest absolute Gasteiger partial charge is 0.221 e. The third kappa shape index (κ3) is 4.57. The van der Waals surface area contributed by atoms with Crippen molar-refractivity contribution in [1.82, 2.24) is 14.9 Å². The minimum Gasteiger partial charge on any atom is -0.394 e. The molecule has 0 spiro atoms. The van der Waals surface area contributed by atoms with Gasteiger partial charge in [-0.15, -0.1) is 0 Å². The second-order valence-electron chi connectivity index (χ2n) is 3.19. The average molecular weight is 213 g/mol. The summed E-state index contributed by atoms with van der Waals surface area (Å²) in [6.45, 7) is 0.294. The maximum absolute atomic E-state index is 11.2. The van der Waals surface area contributed by atoms with Gasteiger partial charge in [0.05, 0.1) is 19.0 Å². The Morgan fingerprint density at radius 3 is 3.00 bits per heavy atom. The fourth-order valence-corrected chi connectivity index (χ4v) is 1.03. The molecule has 0 aliphatic heterocycles. The van der Waals surface area contributed by atoms with E-state index in [9.17, 15) is 4.79 Å². The summed E-state index contributed by atoms with van der Waals surface area (Å²) >= 11 is 0. The molecule has 6 heteroatoms. The first kappa shape index (κ1) is 11.7. The molecule has 0 fully saturated rings. The molecule has 1 unspecified atom stereocenters. The number of nitrogens with one attached hydrogen (secondary N) is 1. The summed E-state index contributed by atoms with van der Waals surface area (Å²) in [5, 5.41) is 20.0. The van der Waals surface area contributed by atoms with Gasteiger partial charge in [0.2, 0.25) is 5.91 Å². The highest BCUT2D eigenvalue weighted by Gasteiger charge is 2.05. The Hall–Kier alpha value is -1.40. The Bertz CT molecular complexity index is 287. The summed E-state index contributed by atoms with van der Waals surface area (Å²) < 4.78 is 1.79. The van der Waals surface area contributed by atoms with Crippen molar-refractivity contribution < 1.29 is 15.0 Å². The molecule has 1 rings (SSSR count). The number of hydrogen-bond donors (Lipinski definition) is 3. The Kier molecular flexibility index (Phi) is 4.79. The van der Waals surface area contributed by atoms with E-state index in [-0.39, 0.29) is 19.1 Å². The molecule has 0 bridgehead atoms. The zero-order chi connectivity index (χ0) is 11.1. The van der Waals surface area contributed by atoms with Crippen molar-refractivity contribution in [2.24, 2.45) is 0 Å². The SMILES string of the molecule is O=C(CCn1ccnc1)NCC(O)CO. The number of aliphatic hydroxyl groups excluding tert-OH is 2. The van der Waals surface area contributed by atoms with Crippen LogP contribution in [-0.4, -0.2) is 44.9 Å². The lowest BCUT2D eigenvalue weighted by Crippen LogP contribution is -2.34. The van der Waals surface area contributed by atoms with E-state index in [0.717, 1.165) is 0 Å². The monoisotopic (exact) mass is 213 g/mol. The molecule has 1 aromatic heterocycles. The van der Waals surface area contributed by atoms with Gasteiger partial charge >= 0.3 is 0 Å². The second kappa shape index (κ2) is 6.15. The lowest BCUT2D eigenvalue weighted by Gasteiger charge is -2.08. The van der Waals surface area contributed by atoms with Crippen molar-refractivity contribution in [1.29, 1.82) is 0 Å². The van der Waals surface area contributed by atoms with Gasteiger partial charge in [0.25, 0.3) is 0 Å². The standard InChI is InChI=1S/C9H15N3O3/c13-6-8(14)5-11-9(15)1-3-12-4-2-10-7-12/h2,4,7-8,13-14H,1,3,5-6H2,(H,11,15). The van der Waals surface area contributed by atoms with Gasteiger partial charge in [-0.1, -0.05) is 0 Å². The number of rotatable bonds is 6. The number of carbonyl (C=O) groups is 1. The Morgan fingerprint density at radius 1 is 1.60 bits per heavy atom. The maximum Gasteiger partial charge on any atom is 0.221 e. The number of aryl methyl sites for hydroxylation is 1. The van der Waals surface area contributed by atoms with Crippen molar-refractivity contribution in [2.45, 2.75) is 19.1 Å². The fraction of sp³-hybridized carbons (Fsp3) is 0.556. The molecule has 0 aromatic carbocycles. The van der Waals surface area contributed by atoms with Crippen LogP contribution in [0.2, 0.25) is 0 Å². The first-order valence-corrected chi connectivity index (χ1v) is 4.73. The first-order valence-electron chi connectivity index (χ1n) is 4.73. The zero-order valence-electron chi connectivity index (χ0n) is 8.33. The minimum atomic E-state index is -0.887. The third-order valence-corrected chi connectivity index (χ3v) is 1.90. The first-order chi connectivity index (χ1) is 7.22. The fourth-order valence-electron chi connectivity index (χ4n) is 1.03. The van der Waals surface area contributed by atoms with Crippen LogP contribution in [0.25, 0.3) is 0 Å². The zero-order valence-corrected chi connectivity index (χ0v) is 8.33. The maximum atomic E-state index is 11.2. The highest BCUT2D eigenvalue weighted by molar-refractivity contribution is 5.75. The van der Waals surface area contributed by atoms with E-state index >= 15 is 0 Å². The molecule has 6 nitrogen and oxygen atoms in total. The van der Waals surface area contributed by atoms with Crippen molar-refractivity contribution in [3.63, 3.8) is 0 Å². The van der Waals surface area contributed by atoms with E-state index < -0.39 is 6.10 Å². The summed E-state index contributed by atoms with van der Waals surface area (Å²) in [7, 11) is 0. The van der Waals surface area contributed by atoms with Crippen LogP contribution in [0.4, 0.5) is 0 Å². The molecule has 84 valence electrons. The Balaban J connectivity index is 2.14. The van der Waals surface area contributed by atoms with Gasteiger partial charge in [-0.2, -0.15) is 0 Å². The quantitative estimate of drug-likeness (QED) is 0.550. The van der Waals surface area contributed by atoms with Gasteiger partial charge in [-0.3, -0.25) is 4.79 Å². The van der Waals surface area contributed by atoms with Gasteiger partial charge < -0.3 is 20.1 Å². The van der Waals surface area contributed by atoms with Gasteiger partial charge in [-0.05, 0) is 0 Å². The van der Waals surface area contributed by atoms with Crippen LogP contribution in [0.1, 0.15) is 6.42 Å². The van der Waals surface area contributed by atoms with Gasteiger partial charge in [-0.25, -0.2) is 4.98 Å². The van der Waals surface area contributed by atoms with E-state index in [1.54, 1.807) is 23.3 Å². The summed E-state index contributed by atoms with van der Waals surface area (Å²) in [5.41, 5.74) is 0. The molecule has 1 amide bonds. The van der Waals surface area contributed by atoms with E-state index in [0.29, 0.717) is 13.0 Å². The largest absolute Gasteiger partial charge is 0.394 e. The highest BCUT2D eigenvalue weighted by Crippen LogP contribution is 1.90. The van der Waals surface area contributed by atoms with Crippen LogP contribution >= 0.6 is 0 Å². The van der Waals surface area contributed by atoms with Crippen molar-refractivity contribution in [2.75, 3.05) is 13.2 Å². The predicted octanol–water partition coefficient (Wildman–Crippen LogP) is -1.26. The molecule has 1 aromatic rings. The lowest BCUT2D eigenvalue weighted by molar-refractivity contribution is -0.121. The molecule has 0 aliphatic carbocycles. The van der Waals surface area contributed by atoms with E-state index in [2.05, 4.69) is 10.3 Å². The molecule has 0 aliphatic rings. The van der Waals surface area contributed by atoms with Crippen LogP contribution < -0.4 is 5.32 Å². The van der Waals surface area contributed by atoms with Crippen molar-refractivity contribution in [3.8, 4) is 0 Å². The topological polar surface area (TPSA) is 87.4 Å². The van der Waals surface area contributed by atoms with Gasteiger partial charge in [0.15, 0.2) is 0 Å². The van der Waals surface area contributed by atoms with Crippen LogP contribution in [0.5, 0.6) is 0 Å². The molecule has 0 saturated carbocycles. The number of amides is 1. The Labute approximate surface area is 87.6 Å². The number of aliphatic hydroxyl groups is 2. The Morgan fingerprint density at radius 2 is 2.40 bits per heavy atom. The highest BCUT2D eigenvalue weighted by atomic mass is 16.3. The minimum absolute atomic E-state index is 0.0826. The number of hydrogen-bond acceptors (Lipinski definition) is 4. The molecular weight excluding hydrogens is 198 g/mol. The van der Waals surface area contributed by atoms with Crippen LogP contribution in [0, 0.1) is 0 Å². The summed E-state index contributed by atoms with van der Waals surface area (Å²) in [6, 6.07) is 0. The molecular formula is C9H15N3O3. The molecule has 3 N–H and O–H groups in total. The van der Waals surface area contributed by atoms with Crippen LogP contribution in [-0.2, 0) is 11.3 Å². The number of aromatic nitrogens is 2. The average Bonchev–Trinajstić information content (AvgIpc) is 2.75. The number of imidazole rings is 1. The molecule has 0 radical (unpaired) electrons. The summed E-state index contributed by atoms with van der Waals surface area (Å²) in [6.07, 6.45) is 4.50. The normalized spacial score (nSPS) is 12.4. The predicted molar refractivity (Wildman–Crippen MR) is 52.9 cm³/mol. The third-order valence-electron chi connectivity index (χ3n) is 1.90. The van der Waals surface area contributed by atoms with E-state index in [1.165, 1.54) is 0 Å². The number of carbonyl (C=O) groups excluding carboxylic acids is 1. The number of nitrogens with zero attached hydrogens (tertiary/aromatic N) is 2. The van der Waals surface area contributed by atoms with Crippen LogP contribution in [0.3, 0.4) is 0 Å². The second-order valence-corrected chi connectivity index (χ2v) is 3.19. The van der Waals surface area contributed by atoms with Crippen LogP contribution in [0.15, 0.2) is 18.7 Å². The molecule has 0 saturated heterocycles. The molecule has 1 atom stereocenters.